The van der Waals surface area contributed by atoms with Crippen LogP contribution in [0.5, 0.6) is 0 Å². The molecule has 1 aromatic rings. The molecule has 3 nitrogen and oxygen atoms in total. The Morgan fingerprint density at radius 1 is 1.28 bits per heavy atom. The molecule has 2 atom stereocenters. The van der Waals surface area contributed by atoms with Gasteiger partial charge in [0.1, 0.15) is 0 Å². The van der Waals surface area contributed by atoms with E-state index in [1.807, 2.05) is 18.7 Å². The van der Waals surface area contributed by atoms with E-state index in [0.717, 1.165) is 25.0 Å². The summed E-state index contributed by atoms with van der Waals surface area (Å²) in [6.07, 6.45) is 15.4. The molecule has 102 valence electrons. The normalized spacial score (nSPS) is 24.9. The summed E-state index contributed by atoms with van der Waals surface area (Å²) in [7, 11) is 0. The lowest BCUT2D eigenvalue weighted by atomic mass is 9.98. The highest BCUT2D eigenvalue weighted by atomic mass is 15.0. The lowest BCUT2D eigenvalue weighted by Crippen LogP contribution is -2.29. The number of nitrogens with one attached hydrogen (secondary N) is 1. The highest BCUT2D eigenvalue weighted by molar-refractivity contribution is 4.76. The molecule has 1 aromatic heterocycles. The van der Waals surface area contributed by atoms with Gasteiger partial charge in [0.25, 0.3) is 0 Å². The molecular weight excluding hydrogens is 222 g/mol. The average Bonchev–Trinajstić information content (AvgIpc) is 2.80. The lowest BCUT2D eigenvalue weighted by molar-refractivity contribution is 0.420. The highest BCUT2D eigenvalue weighted by Crippen LogP contribution is 2.25. The molecule has 1 aliphatic rings. The molecule has 1 N–H and O–H groups in total. The van der Waals surface area contributed by atoms with Crippen molar-refractivity contribution >= 4 is 0 Å². The second-order valence-corrected chi connectivity index (χ2v) is 5.59. The Bertz CT molecular complexity index is 308. The minimum atomic E-state index is 0.768. The smallest absolute Gasteiger partial charge is 0.0945 e. The van der Waals surface area contributed by atoms with Crippen molar-refractivity contribution < 1.29 is 0 Å². The minimum Gasteiger partial charge on any atom is -0.337 e. The first-order chi connectivity index (χ1) is 8.88. The van der Waals surface area contributed by atoms with Gasteiger partial charge in [0.05, 0.1) is 6.33 Å². The van der Waals surface area contributed by atoms with Crippen LogP contribution in [0.1, 0.15) is 51.9 Å². The third-order valence-electron chi connectivity index (χ3n) is 4.25. The number of nitrogens with zero attached hydrogens (tertiary/aromatic N) is 2. The second kappa shape index (κ2) is 7.57. The predicted octanol–water partition coefficient (Wildman–Crippen LogP) is 3.22. The van der Waals surface area contributed by atoms with Gasteiger partial charge >= 0.3 is 0 Å². The summed E-state index contributed by atoms with van der Waals surface area (Å²) in [4.78, 5) is 4.06. The van der Waals surface area contributed by atoms with Crippen LogP contribution in [0.25, 0.3) is 0 Å². The first-order valence-corrected chi connectivity index (χ1v) is 7.57. The van der Waals surface area contributed by atoms with Gasteiger partial charge in [0, 0.05) is 25.0 Å². The molecule has 2 unspecified atom stereocenters. The molecule has 1 saturated carbocycles. The summed E-state index contributed by atoms with van der Waals surface area (Å²) in [6.45, 7) is 4.56. The van der Waals surface area contributed by atoms with Crippen LogP contribution < -0.4 is 5.32 Å². The van der Waals surface area contributed by atoms with Gasteiger partial charge < -0.3 is 9.88 Å². The fraction of sp³-hybridized carbons (Fsp3) is 0.800. The summed E-state index contributed by atoms with van der Waals surface area (Å²) in [5.74, 6) is 0.989. The standard InChI is InChI=1S/C15H27N3/c1-2-14-5-3-6-15(8-7-14)17-9-4-11-18-12-10-16-13-18/h10,12-15,17H,2-9,11H2,1H3. The first kappa shape index (κ1) is 13.6. The van der Waals surface area contributed by atoms with E-state index < -0.39 is 0 Å². The fourth-order valence-corrected chi connectivity index (χ4v) is 2.98. The first-order valence-electron chi connectivity index (χ1n) is 7.57. The number of hydrogen-bond acceptors (Lipinski definition) is 2. The number of imidazole rings is 1. The van der Waals surface area contributed by atoms with Gasteiger partial charge in [0.15, 0.2) is 0 Å². The van der Waals surface area contributed by atoms with Crippen molar-refractivity contribution in [2.24, 2.45) is 5.92 Å². The van der Waals surface area contributed by atoms with Crippen molar-refractivity contribution in [2.45, 2.75) is 64.5 Å². The van der Waals surface area contributed by atoms with E-state index in [1.165, 1.54) is 44.9 Å². The highest BCUT2D eigenvalue weighted by Gasteiger charge is 2.16. The Balaban J connectivity index is 1.58. The second-order valence-electron chi connectivity index (χ2n) is 5.59. The Hall–Kier alpha value is -0.830. The van der Waals surface area contributed by atoms with Crippen molar-refractivity contribution in [3.05, 3.63) is 18.7 Å². The van der Waals surface area contributed by atoms with Crippen LogP contribution in [0, 0.1) is 5.92 Å². The van der Waals surface area contributed by atoms with Gasteiger partial charge in [-0.2, -0.15) is 0 Å². The Labute approximate surface area is 111 Å². The average molecular weight is 249 g/mol. The largest absolute Gasteiger partial charge is 0.337 e. The molecule has 18 heavy (non-hydrogen) atoms. The van der Waals surface area contributed by atoms with Crippen molar-refractivity contribution in [1.82, 2.24) is 14.9 Å². The van der Waals surface area contributed by atoms with Crippen LogP contribution in [0.2, 0.25) is 0 Å². The maximum atomic E-state index is 4.06. The zero-order chi connectivity index (χ0) is 12.6. The zero-order valence-electron chi connectivity index (χ0n) is 11.6. The molecular formula is C15H27N3. The van der Waals surface area contributed by atoms with Crippen LogP contribution >= 0.6 is 0 Å². The Morgan fingerprint density at radius 2 is 2.22 bits per heavy atom. The molecule has 3 heteroatoms. The molecule has 1 fully saturated rings. The molecule has 0 spiro atoms. The molecule has 0 aliphatic heterocycles. The predicted molar refractivity (Wildman–Crippen MR) is 75.5 cm³/mol. The molecule has 0 radical (unpaired) electrons. The van der Waals surface area contributed by atoms with Crippen LogP contribution in [-0.4, -0.2) is 22.1 Å². The fourth-order valence-electron chi connectivity index (χ4n) is 2.98. The van der Waals surface area contributed by atoms with E-state index in [4.69, 9.17) is 0 Å². The zero-order valence-corrected chi connectivity index (χ0v) is 11.6. The Morgan fingerprint density at radius 3 is 3.00 bits per heavy atom. The maximum Gasteiger partial charge on any atom is 0.0945 e. The van der Waals surface area contributed by atoms with Crippen molar-refractivity contribution in [3.8, 4) is 0 Å². The van der Waals surface area contributed by atoms with E-state index in [9.17, 15) is 0 Å². The summed E-state index contributed by atoms with van der Waals surface area (Å²) in [5, 5.41) is 3.73. The molecule has 2 rings (SSSR count). The number of hydrogen-bond donors (Lipinski definition) is 1. The molecule has 0 saturated heterocycles. The van der Waals surface area contributed by atoms with Crippen molar-refractivity contribution in [1.29, 1.82) is 0 Å². The van der Waals surface area contributed by atoms with Gasteiger partial charge in [-0.3, -0.25) is 0 Å². The van der Waals surface area contributed by atoms with Crippen LogP contribution in [0.15, 0.2) is 18.7 Å². The van der Waals surface area contributed by atoms with Gasteiger partial charge in [-0.1, -0.05) is 26.2 Å². The summed E-state index contributed by atoms with van der Waals surface area (Å²) in [5.41, 5.74) is 0. The van der Waals surface area contributed by atoms with Gasteiger partial charge in [-0.05, 0) is 38.1 Å². The lowest BCUT2D eigenvalue weighted by Gasteiger charge is -2.16. The molecule has 0 aromatic carbocycles. The monoisotopic (exact) mass is 249 g/mol. The van der Waals surface area contributed by atoms with Gasteiger partial charge in [-0.25, -0.2) is 4.98 Å². The molecule has 0 amide bonds. The van der Waals surface area contributed by atoms with Crippen molar-refractivity contribution in [2.75, 3.05) is 6.54 Å². The van der Waals surface area contributed by atoms with Crippen molar-refractivity contribution in [3.63, 3.8) is 0 Å². The SMILES string of the molecule is CCC1CCCC(NCCCn2ccnc2)CC1. The van der Waals surface area contributed by atoms with Crippen LogP contribution in [0.4, 0.5) is 0 Å². The van der Waals surface area contributed by atoms with E-state index in [1.54, 1.807) is 0 Å². The number of rotatable bonds is 6. The molecule has 1 aliphatic carbocycles. The van der Waals surface area contributed by atoms with Gasteiger partial charge in [0.2, 0.25) is 0 Å². The number of aromatic nitrogens is 2. The van der Waals surface area contributed by atoms with Gasteiger partial charge in [-0.15, -0.1) is 0 Å². The third-order valence-corrected chi connectivity index (χ3v) is 4.25. The summed E-state index contributed by atoms with van der Waals surface area (Å²) in [6, 6.07) is 0.768. The topological polar surface area (TPSA) is 29.9 Å². The Kier molecular flexibility index (Phi) is 5.72. The van der Waals surface area contributed by atoms with E-state index in [0.29, 0.717) is 0 Å². The van der Waals surface area contributed by atoms with E-state index >= 15 is 0 Å². The maximum absolute atomic E-state index is 4.06. The summed E-state index contributed by atoms with van der Waals surface area (Å²) >= 11 is 0. The van der Waals surface area contributed by atoms with Crippen LogP contribution in [-0.2, 0) is 6.54 Å². The van der Waals surface area contributed by atoms with Crippen LogP contribution in [0.3, 0.4) is 0 Å². The minimum absolute atomic E-state index is 0.768. The quantitative estimate of drug-likeness (QED) is 0.619. The summed E-state index contributed by atoms with van der Waals surface area (Å²) < 4.78 is 2.15. The third kappa shape index (κ3) is 4.45. The van der Waals surface area contributed by atoms with E-state index in [2.05, 4.69) is 21.8 Å². The molecule has 0 bridgehead atoms. The van der Waals surface area contributed by atoms with E-state index in [-0.39, 0.29) is 0 Å². The molecule has 1 heterocycles. The number of aryl methyl sites for hydroxylation is 1.